The highest BCUT2D eigenvalue weighted by atomic mass is 32.2. The number of nitrogens with one attached hydrogen (secondary N) is 1. The molecule has 0 saturated carbocycles. The van der Waals surface area contributed by atoms with Gasteiger partial charge in [-0.3, -0.25) is 9.19 Å². The molecule has 3 nitrogen and oxygen atoms in total. The van der Waals surface area contributed by atoms with Crippen LogP contribution in [0.2, 0.25) is 0 Å². The summed E-state index contributed by atoms with van der Waals surface area (Å²) in [6.07, 6.45) is 5.74. The summed E-state index contributed by atoms with van der Waals surface area (Å²) in [4.78, 5) is 4.12. The van der Waals surface area contributed by atoms with Crippen LogP contribution in [0.15, 0.2) is 24.5 Å². The van der Waals surface area contributed by atoms with Crippen molar-refractivity contribution in [2.75, 3.05) is 11.5 Å². The van der Waals surface area contributed by atoms with Gasteiger partial charge in [-0.2, -0.15) is 0 Å². The number of hydrogen-bond acceptors (Lipinski definition) is 3. The molecule has 0 amide bonds. The van der Waals surface area contributed by atoms with E-state index in [0.717, 1.165) is 24.3 Å². The molecule has 0 radical (unpaired) electrons. The predicted octanol–water partition coefficient (Wildman–Crippen LogP) is 1.64. The van der Waals surface area contributed by atoms with E-state index in [1.54, 1.807) is 6.20 Å². The van der Waals surface area contributed by atoms with Gasteiger partial charge in [0.05, 0.1) is 0 Å². The van der Waals surface area contributed by atoms with Crippen molar-refractivity contribution in [1.82, 2.24) is 10.3 Å². The molecule has 1 aliphatic heterocycles. The largest absolute Gasteiger partial charge is 0.307 e. The van der Waals surface area contributed by atoms with Gasteiger partial charge in [0.15, 0.2) is 0 Å². The molecule has 2 rings (SSSR count). The number of hydrogen-bond donors (Lipinski definition) is 1. The van der Waals surface area contributed by atoms with Crippen molar-refractivity contribution >= 4 is 10.8 Å². The molecular weight excluding hydrogens is 220 g/mol. The van der Waals surface area contributed by atoms with Gasteiger partial charge in [0.2, 0.25) is 0 Å². The van der Waals surface area contributed by atoms with E-state index in [0.29, 0.717) is 12.1 Å². The second kappa shape index (κ2) is 5.55. The Hall–Kier alpha value is -0.740. The minimum atomic E-state index is -0.573. The first kappa shape index (κ1) is 11.7. The summed E-state index contributed by atoms with van der Waals surface area (Å²) in [6.45, 7) is 2.16. The molecule has 1 saturated heterocycles. The van der Waals surface area contributed by atoms with Gasteiger partial charge in [0, 0.05) is 46.8 Å². The second-order valence-corrected chi connectivity index (χ2v) is 5.99. The lowest BCUT2D eigenvalue weighted by Gasteiger charge is -2.26. The van der Waals surface area contributed by atoms with E-state index in [9.17, 15) is 4.21 Å². The predicted molar refractivity (Wildman–Crippen MR) is 66.7 cm³/mol. The van der Waals surface area contributed by atoms with Crippen LogP contribution in [0.4, 0.5) is 0 Å². The van der Waals surface area contributed by atoms with E-state index in [1.807, 2.05) is 12.3 Å². The zero-order valence-electron chi connectivity index (χ0n) is 9.56. The van der Waals surface area contributed by atoms with Crippen molar-refractivity contribution in [2.24, 2.45) is 0 Å². The van der Waals surface area contributed by atoms with Crippen molar-refractivity contribution in [3.05, 3.63) is 30.1 Å². The van der Waals surface area contributed by atoms with E-state index in [-0.39, 0.29) is 0 Å². The first-order valence-corrected chi connectivity index (χ1v) is 7.25. The van der Waals surface area contributed by atoms with Crippen LogP contribution in [0, 0.1) is 0 Å². The summed E-state index contributed by atoms with van der Waals surface area (Å²) in [5.41, 5.74) is 1.22. The molecule has 4 heteroatoms. The maximum absolute atomic E-state index is 11.2. The number of nitrogens with zero attached hydrogens (tertiary/aromatic N) is 1. The SMILES string of the molecule is CC(NC1CCS(=O)CC1)c1cccnc1. The van der Waals surface area contributed by atoms with Crippen LogP contribution in [0.5, 0.6) is 0 Å². The number of rotatable bonds is 3. The van der Waals surface area contributed by atoms with E-state index < -0.39 is 10.8 Å². The number of aromatic nitrogens is 1. The Bertz CT molecular complexity index is 345. The minimum absolute atomic E-state index is 0.324. The van der Waals surface area contributed by atoms with Crippen LogP contribution in [0.1, 0.15) is 31.4 Å². The van der Waals surface area contributed by atoms with Gasteiger partial charge >= 0.3 is 0 Å². The van der Waals surface area contributed by atoms with Crippen molar-refractivity contribution in [2.45, 2.75) is 31.8 Å². The monoisotopic (exact) mass is 238 g/mol. The van der Waals surface area contributed by atoms with Crippen molar-refractivity contribution in [3.8, 4) is 0 Å². The fraction of sp³-hybridized carbons (Fsp3) is 0.583. The van der Waals surface area contributed by atoms with E-state index >= 15 is 0 Å². The molecule has 0 spiro atoms. The van der Waals surface area contributed by atoms with Gasteiger partial charge in [-0.15, -0.1) is 0 Å². The zero-order chi connectivity index (χ0) is 11.4. The summed E-state index contributed by atoms with van der Waals surface area (Å²) in [6, 6.07) is 4.88. The first-order chi connectivity index (χ1) is 7.75. The fourth-order valence-corrected chi connectivity index (χ4v) is 3.34. The molecule has 1 aromatic rings. The van der Waals surface area contributed by atoms with Gasteiger partial charge in [0.25, 0.3) is 0 Å². The summed E-state index contributed by atoms with van der Waals surface area (Å²) in [5, 5.41) is 3.58. The molecule has 1 aromatic heterocycles. The molecule has 2 heterocycles. The highest BCUT2D eigenvalue weighted by molar-refractivity contribution is 7.85. The van der Waals surface area contributed by atoms with Crippen LogP contribution in [0.3, 0.4) is 0 Å². The third-order valence-corrected chi connectivity index (χ3v) is 4.44. The molecule has 0 aromatic carbocycles. The third-order valence-electron chi connectivity index (χ3n) is 3.06. The van der Waals surface area contributed by atoms with Gasteiger partial charge in [-0.25, -0.2) is 0 Å². The summed E-state index contributed by atoms with van der Waals surface area (Å²) < 4.78 is 11.2. The summed E-state index contributed by atoms with van der Waals surface area (Å²) in [7, 11) is -0.573. The second-order valence-electron chi connectivity index (χ2n) is 4.30. The normalized spacial score (nSPS) is 27.6. The van der Waals surface area contributed by atoms with E-state index in [4.69, 9.17) is 0 Å². The van der Waals surface area contributed by atoms with Gasteiger partial charge in [-0.1, -0.05) is 6.07 Å². The van der Waals surface area contributed by atoms with Crippen molar-refractivity contribution in [3.63, 3.8) is 0 Å². The average molecular weight is 238 g/mol. The maximum atomic E-state index is 11.2. The molecule has 1 aliphatic rings. The lowest BCUT2D eigenvalue weighted by Crippen LogP contribution is -2.37. The Morgan fingerprint density at radius 3 is 2.88 bits per heavy atom. The van der Waals surface area contributed by atoms with Gasteiger partial charge < -0.3 is 5.32 Å². The maximum Gasteiger partial charge on any atom is 0.0315 e. The molecule has 0 aliphatic carbocycles. The molecule has 1 N–H and O–H groups in total. The highest BCUT2D eigenvalue weighted by Crippen LogP contribution is 2.16. The molecule has 0 bridgehead atoms. The van der Waals surface area contributed by atoms with Crippen LogP contribution in [0.25, 0.3) is 0 Å². The summed E-state index contributed by atoms with van der Waals surface area (Å²) in [5.74, 6) is 1.69. The highest BCUT2D eigenvalue weighted by Gasteiger charge is 2.19. The van der Waals surface area contributed by atoms with Gasteiger partial charge in [0.1, 0.15) is 0 Å². The molecule has 1 unspecified atom stereocenters. The molecule has 1 atom stereocenters. The lowest BCUT2D eigenvalue weighted by atomic mass is 10.1. The van der Waals surface area contributed by atoms with Crippen molar-refractivity contribution in [1.29, 1.82) is 0 Å². The smallest absolute Gasteiger partial charge is 0.0315 e. The Balaban J connectivity index is 1.88. The topological polar surface area (TPSA) is 42.0 Å². The Kier molecular flexibility index (Phi) is 4.07. The van der Waals surface area contributed by atoms with E-state index in [1.165, 1.54) is 5.56 Å². The Labute approximate surface area is 99.1 Å². The number of pyridine rings is 1. The molecule has 1 fully saturated rings. The standard InChI is InChI=1S/C12H18N2OS/c1-10(11-3-2-6-13-9-11)14-12-4-7-16(15)8-5-12/h2-3,6,9-10,12,14H,4-5,7-8H2,1H3. The fourth-order valence-electron chi connectivity index (χ4n) is 2.04. The van der Waals surface area contributed by atoms with Crippen LogP contribution in [-0.4, -0.2) is 26.7 Å². The van der Waals surface area contributed by atoms with E-state index in [2.05, 4.69) is 23.3 Å². The lowest BCUT2D eigenvalue weighted by molar-refractivity contribution is 0.426. The molecule has 16 heavy (non-hydrogen) atoms. The molecular formula is C12H18N2OS. The first-order valence-electron chi connectivity index (χ1n) is 5.76. The average Bonchev–Trinajstić information content (AvgIpc) is 2.33. The Morgan fingerprint density at radius 2 is 2.25 bits per heavy atom. The zero-order valence-corrected chi connectivity index (χ0v) is 10.4. The quantitative estimate of drug-likeness (QED) is 0.870. The van der Waals surface area contributed by atoms with Crippen LogP contribution < -0.4 is 5.32 Å². The van der Waals surface area contributed by atoms with Crippen LogP contribution >= 0.6 is 0 Å². The van der Waals surface area contributed by atoms with Crippen LogP contribution in [-0.2, 0) is 10.8 Å². The summed E-state index contributed by atoms with van der Waals surface area (Å²) >= 11 is 0. The minimum Gasteiger partial charge on any atom is -0.307 e. The van der Waals surface area contributed by atoms with Gasteiger partial charge in [-0.05, 0) is 31.4 Å². The van der Waals surface area contributed by atoms with Crippen molar-refractivity contribution < 1.29 is 4.21 Å². The third kappa shape index (κ3) is 3.12. The Morgan fingerprint density at radius 1 is 1.50 bits per heavy atom. The molecule has 88 valence electrons.